The van der Waals surface area contributed by atoms with Crippen LogP contribution in [0.5, 0.6) is 0 Å². The molecule has 1 fully saturated rings. The first-order chi connectivity index (χ1) is 11.6. The number of methoxy groups -OCH3 is 1. The van der Waals surface area contributed by atoms with Crippen LogP contribution in [0.25, 0.3) is 0 Å². The van der Waals surface area contributed by atoms with E-state index in [1.165, 1.54) is 0 Å². The number of nitrogens with one attached hydrogen (secondary N) is 2. The number of hydrogen-bond donors (Lipinski definition) is 2. The minimum Gasteiger partial charge on any atom is -0.383 e. The van der Waals surface area contributed by atoms with Crippen molar-refractivity contribution in [2.75, 3.05) is 39.9 Å². The van der Waals surface area contributed by atoms with Crippen LogP contribution in [-0.2, 0) is 9.53 Å². The lowest BCUT2D eigenvalue weighted by atomic mass is 9.86. The summed E-state index contributed by atoms with van der Waals surface area (Å²) in [7, 11) is 1.61. The second-order valence-electron chi connectivity index (χ2n) is 6.09. The fraction of sp³-hybridized carbons (Fsp3) is 0.556. The number of hydrogen-bond acceptors (Lipinski definition) is 3. The first-order valence-corrected chi connectivity index (χ1v) is 8.43. The number of aryl methyl sites for hydroxylation is 1. The van der Waals surface area contributed by atoms with Gasteiger partial charge in [0.25, 0.3) is 0 Å². The van der Waals surface area contributed by atoms with Crippen molar-refractivity contribution in [2.24, 2.45) is 5.92 Å². The molecule has 2 atom stereocenters. The average molecular weight is 333 g/mol. The molecule has 2 N–H and O–H groups in total. The van der Waals surface area contributed by atoms with Gasteiger partial charge in [0.1, 0.15) is 0 Å². The Morgan fingerprint density at radius 1 is 1.25 bits per heavy atom. The van der Waals surface area contributed by atoms with Crippen molar-refractivity contribution < 1.29 is 14.3 Å². The summed E-state index contributed by atoms with van der Waals surface area (Å²) in [6.45, 7) is 6.46. The van der Waals surface area contributed by atoms with Crippen LogP contribution in [-0.4, -0.2) is 56.7 Å². The highest BCUT2D eigenvalue weighted by Gasteiger charge is 2.40. The van der Waals surface area contributed by atoms with Gasteiger partial charge in [-0.25, -0.2) is 4.79 Å². The summed E-state index contributed by atoms with van der Waals surface area (Å²) in [6.07, 6.45) is 0. The molecule has 0 spiro atoms. The maximum Gasteiger partial charge on any atom is 0.317 e. The normalized spacial score (nSPS) is 20.0. The third-order valence-corrected chi connectivity index (χ3v) is 4.47. The highest BCUT2D eigenvalue weighted by molar-refractivity contribution is 5.83. The Bertz CT molecular complexity index is 576. The summed E-state index contributed by atoms with van der Waals surface area (Å²) in [5.74, 6) is -0.256. The van der Waals surface area contributed by atoms with Gasteiger partial charge in [-0.05, 0) is 25.0 Å². The Kier molecular flexibility index (Phi) is 6.61. The monoisotopic (exact) mass is 333 g/mol. The van der Waals surface area contributed by atoms with Crippen LogP contribution >= 0.6 is 0 Å². The number of rotatable bonds is 6. The van der Waals surface area contributed by atoms with Crippen molar-refractivity contribution in [3.05, 3.63) is 35.4 Å². The Morgan fingerprint density at radius 2 is 2.00 bits per heavy atom. The number of urea groups is 1. The maximum atomic E-state index is 12.6. The van der Waals surface area contributed by atoms with Crippen LogP contribution in [0.1, 0.15) is 24.0 Å². The van der Waals surface area contributed by atoms with Crippen LogP contribution in [0.3, 0.4) is 0 Å². The number of amides is 3. The highest BCUT2D eigenvalue weighted by Crippen LogP contribution is 2.34. The molecule has 132 valence electrons. The van der Waals surface area contributed by atoms with Crippen molar-refractivity contribution in [2.45, 2.75) is 19.8 Å². The SMILES string of the molecule is CCNC(=O)N1CC(C(=O)NCCOC)C(c2ccccc2C)C1. The number of benzene rings is 1. The third kappa shape index (κ3) is 4.26. The number of likely N-dealkylation sites (tertiary alicyclic amines) is 1. The minimum atomic E-state index is -0.245. The molecule has 2 rings (SSSR count). The van der Waals surface area contributed by atoms with Gasteiger partial charge in [-0.2, -0.15) is 0 Å². The Hall–Kier alpha value is -2.08. The van der Waals surface area contributed by atoms with Gasteiger partial charge >= 0.3 is 6.03 Å². The molecular formula is C18H27N3O3. The van der Waals surface area contributed by atoms with Gasteiger partial charge in [0.05, 0.1) is 12.5 Å². The van der Waals surface area contributed by atoms with Gasteiger partial charge in [0, 0.05) is 39.2 Å². The smallest absolute Gasteiger partial charge is 0.317 e. The molecule has 0 bridgehead atoms. The lowest BCUT2D eigenvalue weighted by molar-refractivity contribution is -0.125. The van der Waals surface area contributed by atoms with E-state index in [2.05, 4.69) is 16.7 Å². The van der Waals surface area contributed by atoms with Crippen molar-refractivity contribution >= 4 is 11.9 Å². The maximum absolute atomic E-state index is 12.6. The minimum absolute atomic E-state index is 0.0105. The molecule has 1 aliphatic rings. The van der Waals surface area contributed by atoms with Crippen molar-refractivity contribution in [1.29, 1.82) is 0 Å². The van der Waals surface area contributed by atoms with Gasteiger partial charge < -0.3 is 20.3 Å². The standard InChI is InChI=1S/C18H27N3O3/c1-4-19-18(23)21-11-15(14-8-6-5-7-13(14)2)16(12-21)17(22)20-9-10-24-3/h5-8,15-16H,4,9-12H2,1-3H3,(H,19,23)(H,20,22). The second kappa shape index (κ2) is 8.68. The van der Waals surface area contributed by atoms with E-state index in [1.54, 1.807) is 12.0 Å². The molecule has 6 nitrogen and oxygen atoms in total. The zero-order valence-corrected chi connectivity index (χ0v) is 14.7. The second-order valence-corrected chi connectivity index (χ2v) is 6.09. The highest BCUT2D eigenvalue weighted by atomic mass is 16.5. The molecule has 0 aliphatic carbocycles. The lowest BCUT2D eigenvalue weighted by Gasteiger charge is -2.19. The van der Waals surface area contributed by atoms with Crippen LogP contribution < -0.4 is 10.6 Å². The van der Waals surface area contributed by atoms with Crippen LogP contribution in [0.15, 0.2) is 24.3 Å². The van der Waals surface area contributed by atoms with Gasteiger partial charge in [0.15, 0.2) is 0 Å². The number of carbonyl (C=O) groups excluding carboxylic acids is 2. The predicted molar refractivity (Wildman–Crippen MR) is 92.9 cm³/mol. The lowest BCUT2D eigenvalue weighted by Crippen LogP contribution is -2.40. The topological polar surface area (TPSA) is 70.7 Å². The Balaban J connectivity index is 2.18. The fourth-order valence-electron chi connectivity index (χ4n) is 3.22. The van der Waals surface area contributed by atoms with E-state index in [0.717, 1.165) is 11.1 Å². The molecule has 1 aliphatic heterocycles. The summed E-state index contributed by atoms with van der Waals surface area (Å²) in [5, 5.41) is 5.74. The molecular weight excluding hydrogens is 306 g/mol. The summed E-state index contributed by atoms with van der Waals surface area (Å²) < 4.78 is 4.99. The molecule has 24 heavy (non-hydrogen) atoms. The van der Waals surface area contributed by atoms with Gasteiger partial charge in [0.2, 0.25) is 5.91 Å². The summed E-state index contributed by atoms with van der Waals surface area (Å²) in [4.78, 5) is 26.6. The molecule has 1 saturated heterocycles. The first-order valence-electron chi connectivity index (χ1n) is 8.43. The molecule has 2 unspecified atom stereocenters. The van der Waals surface area contributed by atoms with Crippen molar-refractivity contribution in [1.82, 2.24) is 15.5 Å². The van der Waals surface area contributed by atoms with Crippen LogP contribution in [0.4, 0.5) is 4.79 Å². The van der Waals surface area contributed by atoms with Crippen molar-refractivity contribution in [3.63, 3.8) is 0 Å². The van der Waals surface area contributed by atoms with Gasteiger partial charge in [-0.3, -0.25) is 4.79 Å². The molecule has 0 radical (unpaired) electrons. The third-order valence-electron chi connectivity index (χ3n) is 4.47. The summed E-state index contributed by atoms with van der Waals surface area (Å²) in [5.41, 5.74) is 2.28. The summed E-state index contributed by atoms with van der Waals surface area (Å²) >= 11 is 0. The zero-order chi connectivity index (χ0) is 17.5. The zero-order valence-electron chi connectivity index (χ0n) is 14.7. The molecule has 1 aromatic rings. The van der Waals surface area contributed by atoms with E-state index in [0.29, 0.717) is 32.8 Å². The number of carbonyl (C=O) groups is 2. The van der Waals surface area contributed by atoms with Crippen molar-refractivity contribution in [3.8, 4) is 0 Å². The molecule has 0 aromatic heterocycles. The molecule has 1 aromatic carbocycles. The Labute approximate surface area is 143 Å². The number of ether oxygens (including phenoxy) is 1. The fourth-order valence-corrected chi connectivity index (χ4v) is 3.22. The van der Waals surface area contributed by atoms with E-state index >= 15 is 0 Å². The van der Waals surface area contributed by atoms with E-state index < -0.39 is 0 Å². The Morgan fingerprint density at radius 3 is 2.67 bits per heavy atom. The summed E-state index contributed by atoms with van der Waals surface area (Å²) in [6, 6.07) is 7.96. The quantitative estimate of drug-likeness (QED) is 0.775. The van der Waals surface area contributed by atoms with E-state index in [4.69, 9.17) is 4.74 Å². The van der Waals surface area contributed by atoms with Crippen LogP contribution in [0.2, 0.25) is 0 Å². The largest absolute Gasteiger partial charge is 0.383 e. The van der Waals surface area contributed by atoms with Gasteiger partial charge in [-0.1, -0.05) is 24.3 Å². The average Bonchev–Trinajstić information content (AvgIpc) is 3.01. The first kappa shape index (κ1) is 18.3. The molecule has 1 heterocycles. The van der Waals surface area contributed by atoms with E-state index in [9.17, 15) is 9.59 Å². The molecule has 3 amide bonds. The van der Waals surface area contributed by atoms with Crippen LogP contribution in [0, 0.1) is 12.8 Å². The number of nitrogens with zero attached hydrogens (tertiary/aromatic N) is 1. The van der Waals surface area contributed by atoms with E-state index in [1.807, 2.05) is 32.0 Å². The molecule has 0 saturated carbocycles. The molecule has 6 heteroatoms. The predicted octanol–water partition coefficient (Wildman–Crippen LogP) is 1.50. The van der Waals surface area contributed by atoms with E-state index in [-0.39, 0.29) is 23.8 Å². The van der Waals surface area contributed by atoms with Gasteiger partial charge in [-0.15, -0.1) is 0 Å².